The highest BCUT2D eigenvalue weighted by atomic mass is 19.1. The number of aryl methyl sites for hydroxylation is 1. The molecule has 2 aromatic rings. The van der Waals surface area contributed by atoms with E-state index >= 15 is 0 Å². The third-order valence-corrected chi connectivity index (χ3v) is 2.67. The molecule has 0 aliphatic heterocycles. The van der Waals surface area contributed by atoms with Crippen molar-refractivity contribution in [1.82, 2.24) is 9.78 Å². The van der Waals surface area contributed by atoms with Crippen LogP contribution in [0, 0.1) is 5.82 Å². The van der Waals surface area contributed by atoms with Gasteiger partial charge in [0.25, 0.3) is 0 Å². The van der Waals surface area contributed by atoms with E-state index in [9.17, 15) is 9.18 Å². The van der Waals surface area contributed by atoms with E-state index in [0.29, 0.717) is 18.0 Å². The first-order valence-electron chi connectivity index (χ1n) is 5.57. The standard InChI is InChI=1S/C13H13FN2O2/c1-3-16-12(6-7-15-16)13(17)10-5-4-9(18-2)8-11(10)14/h4-8H,3H2,1-2H3. The minimum Gasteiger partial charge on any atom is -0.497 e. The van der Waals surface area contributed by atoms with Crippen molar-refractivity contribution in [2.75, 3.05) is 7.11 Å². The highest BCUT2D eigenvalue weighted by molar-refractivity contribution is 6.08. The first-order valence-corrected chi connectivity index (χ1v) is 5.57. The molecule has 0 spiro atoms. The van der Waals surface area contributed by atoms with Crippen molar-refractivity contribution in [1.29, 1.82) is 0 Å². The van der Waals surface area contributed by atoms with E-state index in [1.807, 2.05) is 6.92 Å². The van der Waals surface area contributed by atoms with Crippen molar-refractivity contribution >= 4 is 5.78 Å². The highest BCUT2D eigenvalue weighted by Crippen LogP contribution is 2.19. The Morgan fingerprint density at radius 1 is 1.44 bits per heavy atom. The summed E-state index contributed by atoms with van der Waals surface area (Å²) >= 11 is 0. The Morgan fingerprint density at radius 3 is 2.83 bits per heavy atom. The third kappa shape index (κ3) is 2.11. The van der Waals surface area contributed by atoms with Crippen LogP contribution in [0.15, 0.2) is 30.5 Å². The molecule has 1 aromatic carbocycles. The number of benzene rings is 1. The van der Waals surface area contributed by atoms with Gasteiger partial charge in [-0.25, -0.2) is 4.39 Å². The van der Waals surface area contributed by atoms with Crippen LogP contribution in [-0.2, 0) is 6.54 Å². The van der Waals surface area contributed by atoms with Crippen LogP contribution >= 0.6 is 0 Å². The molecule has 0 N–H and O–H groups in total. The summed E-state index contributed by atoms with van der Waals surface area (Å²) in [5, 5.41) is 3.99. The lowest BCUT2D eigenvalue weighted by Gasteiger charge is -2.06. The van der Waals surface area contributed by atoms with Gasteiger partial charge in [-0.15, -0.1) is 0 Å². The molecule has 5 heteroatoms. The van der Waals surface area contributed by atoms with Gasteiger partial charge in [0.15, 0.2) is 0 Å². The fraction of sp³-hybridized carbons (Fsp3) is 0.231. The zero-order valence-corrected chi connectivity index (χ0v) is 10.2. The second-order valence-electron chi connectivity index (χ2n) is 3.71. The molecule has 94 valence electrons. The number of carbonyl (C=O) groups excluding carboxylic acids is 1. The van der Waals surface area contributed by atoms with Gasteiger partial charge in [-0.1, -0.05) is 0 Å². The molecule has 0 saturated carbocycles. The number of rotatable bonds is 4. The van der Waals surface area contributed by atoms with Crippen molar-refractivity contribution in [3.8, 4) is 5.75 Å². The summed E-state index contributed by atoms with van der Waals surface area (Å²) in [5.41, 5.74) is 0.396. The molecule has 0 amide bonds. The second-order valence-corrected chi connectivity index (χ2v) is 3.71. The van der Waals surface area contributed by atoms with Gasteiger partial charge < -0.3 is 4.74 Å². The molecule has 0 unspecified atom stereocenters. The molecule has 0 atom stereocenters. The lowest BCUT2D eigenvalue weighted by Crippen LogP contribution is -2.12. The molecule has 1 heterocycles. The first kappa shape index (κ1) is 12.3. The Hall–Kier alpha value is -2.17. The predicted molar refractivity (Wildman–Crippen MR) is 64.3 cm³/mol. The summed E-state index contributed by atoms with van der Waals surface area (Å²) in [5.74, 6) is -0.592. The van der Waals surface area contributed by atoms with E-state index in [4.69, 9.17) is 4.74 Å². The lowest BCUT2D eigenvalue weighted by atomic mass is 10.1. The average molecular weight is 248 g/mol. The first-order chi connectivity index (χ1) is 8.67. The normalized spacial score (nSPS) is 10.4. The molecule has 1 aromatic heterocycles. The fourth-order valence-electron chi connectivity index (χ4n) is 1.72. The van der Waals surface area contributed by atoms with E-state index in [-0.39, 0.29) is 11.3 Å². The number of carbonyl (C=O) groups is 1. The molecule has 0 aliphatic carbocycles. The van der Waals surface area contributed by atoms with Gasteiger partial charge in [-0.3, -0.25) is 9.48 Å². The zero-order chi connectivity index (χ0) is 13.1. The number of methoxy groups -OCH3 is 1. The number of aromatic nitrogens is 2. The smallest absolute Gasteiger partial charge is 0.213 e. The van der Waals surface area contributed by atoms with Gasteiger partial charge in [0.05, 0.1) is 12.7 Å². The predicted octanol–water partition coefficient (Wildman–Crippen LogP) is 2.28. The summed E-state index contributed by atoms with van der Waals surface area (Å²) in [4.78, 5) is 12.2. The largest absolute Gasteiger partial charge is 0.497 e. The molecule has 18 heavy (non-hydrogen) atoms. The molecule has 0 aliphatic rings. The van der Waals surface area contributed by atoms with Crippen molar-refractivity contribution in [3.05, 3.63) is 47.5 Å². The van der Waals surface area contributed by atoms with Crippen LogP contribution in [0.1, 0.15) is 23.0 Å². The van der Waals surface area contributed by atoms with Crippen LogP contribution < -0.4 is 4.74 Å². The van der Waals surface area contributed by atoms with Gasteiger partial charge in [-0.05, 0) is 25.1 Å². The monoisotopic (exact) mass is 248 g/mol. The van der Waals surface area contributed by atoms with Crippen LogP contribution in [0.5, 0.6) is 5.75 Å². The minimum atomic E-state index is -0.594. The highest BCUT2D eigenvalue weighted by Gasteiger charge is 2.17. The Labute approximate surface area is 104 Å². The van der Waals surface area contributed by atoms with Gasteiger partial charge in [0, 0.05) is 18.8 Å². The maximum absolute atomic E-state index is 13.8. The number of hydrogen-bond donors (Lipinski definition) is 0. The summed E-state index contributed by atoms with van der Waals surface area (Å²) in [6.45, 7) is 2.43. The van der Waals surface area contributed by atoms with Crippen LogP contribution in [0.4, 0.5) is 4.39 Å². The topological polar surface area (TPSA) is 44.1 Å². The Bertz CT molecular complexity index is 578. The quantitative estimate of drug-likeness (QED) is 0.780. The van der Waals surface area contributed by atoms with Crippen LogP contribution in [0.25, 0.3) is 0 Å². The molecular formula is C13H13FN2O2. The molecule has 0 radical (unpaired) electrons. The second kappa shape index (κ2) is 5.00. The summed E-state index contributed by atoms with van der Waals surface area (Å²) in [6, 6.07) is 5.75. The SMILES string of the molecule is CCn1nccc1C(=O)c1ccc(OC)cc1F. The van der Waals surface area contributed by atoms with Gasteiger partial charge in [0.2, 0.25) is 5.78 Å². The van der Waals surface area contributed by atoms with E-state index < -0.39 is 5.82 Å². The maximum atomic E-state index is 13.8. The summed E-state index contributed by atoms with van der Waals surface area (Å²) in [7, 11) is 1.45. The number of ether oxygens (including phenoxy) is 1. The van der Waals surface area contributed by atoms with Crippen molar-refractivity contribution in [2.24, 2.45) is 0 Å². The Kier molecular flexibility index (Phi) is 3.41. The Balaban J connectivity index is 2.40. The van der Waals surface area contributed by atoms with Gasteiger partial charge in [0.1, 0.15) is 17.3 Å². The molecule has 0 saturated heterocycles. The van der Waals surface area contributed by atoms with E-state index in [1.54, 1.807) is 12.1 Å². The lowest BCUT2D eigenvalue weighted by molar-refractivity contribution is 0.102. The van der Waals surface area contributed by atoms with Crippen molar-refractivity contribution < 1.29 is 13.9 Å². The summed E-state index contributed by atoms with van der Waals surface area (Å²) in [6.07, 6.45) is 1.53. The molecular weight excluding hydrogens is 235 g/mol. The molecule has 4 nitrogen and oxygen atoms in total. The fourth-order valence-corrected chi connectivity index (χ4v) is 1.72. The van der Waals surface area contributed by atoms with E-state index in [0.717, 1.165) is 0 Å². The summed E-state index contributed by atoms with van der Waals surface area (Å²) < 4.78 is 20.2. The van der Waals surface area contributed by atoms with E-state index in [2.05, 4.69) is 5.10 Å². The number of ketones is 1. The molecule has 0 bridgehead atoms. The third-order valence-electron chi connectivity index (χ3n) is 2.67. The Morgan fingerprint density at radius 2 is 2.22 bits per heavy atom. The van der Waals surface area contributed by atoms with Crippen molar-refractivity contribution in [2.45, 2.75) is 13.5 Å². The van der Waals surface area contributed by atoms with Gasteiger partial charge >= 0.3 is 0 Å². The zero-order valence-electron chi connectivity index (χ0n) is 10.2. The molecule has 0 fully saturated rings. The number of halogens is 1. The number of hydrogen-bond acceptors (Lipinski definition) is 3. The van der Waals surface area contributed by atoms with Crippen molar-refractivity contribution in [3.63, 3.8) is 0 Å². The van der Waals surface area contributed by atoms with Gasteiger partial charge in [-0.2, -0.15) is 5.10 Å². The number of nitrogens with zero attached hydrogens (tertiary/aromatic N) is 2. The minimum absolute atomic E-state index is 0.0194. The van der Waals surface area contributed by atoms with Crippen LogP contribution in [0.2, 0.25) is 0 Å². The average Bonchev–Trinajstić information content (AvgIpc) is 2.86. The van der Waals surface area contributed by atoms with Crippen LogP contribution in [-0.4, -0.2) is 22.7 Å². The maximum Gasteiger partial charge on any atom is 0.213 e. The van der Waals surface area contributed by atoms with E-state index in [1.165, 1.54) is 30.1 Å². The molecule has 2 rings (SSSR count). The van der Waals surface area contributed by atoms with Crippen LogP contribution in [0.3, 0.4) is 0 Å².